The van der Waals surface area contributed by atoms with Crippen LogP contribution in [0.3, 0.4) is 0 Å². The zero-order valence-electron chi connectivity index (χ0n) is 21.8. The number of nitrogens with one attached hydrogen (secondary N) is 2. The minimum Gasteiger partial charge on any atom is -0.379 e. The Morgan fingerprint density at radius 3 is 2.25 bits per heavy atom. The number of nitro benzene ring substituents is 1. The number of rotatable bonds is 12. The van der Waals surface area contributed by atoms with E-state index in [1.165, 1.54) is 54.7 Å². The molecular formula is C26H28N4O8S2. The topological polar surface area (TPSA) is 174 Å². The SMILES string of the molecule is Cc1ccc(S(=O)(=O)N[C@@H](CC(C)C)C(=O)N/N=C\c2ccc(OS(=O)(=O)c3cccc([N+](=O)[O-])c3)cc2)cc1. The lowest BCUT2D eigenvalue weighted by Gasteiger charge is -2.19. The van der Waals surface area contributed by atoms with Gasteiger partial charge in [0.25, 0.3) is 11.6 Å². The number of hydrazone groups is 1. The number of carbonyl (C=O) groups excluding carboxylic acids is 1. The Morgan fingerprint density at radius 2 is 1.65 bits per heavy atom. The van der Waals surface area contributed by atoms with Gasteiger partial charge in [0.1, 0.15) is 16.7 Å². The first-order valence-electron chi connectivity index (χ1n) is 12.0. The highest BCUT2D eigenvalue weighted by molar-refractivity contribution is 7.89. The number of nitrogens with zero attached hydrogens (tertiary/aromatic N) is 2. The Balaban J connectivity index is 1.65. The van der Waals surface area contributed by atoms with E-state index in [4.69, 9.17) is 4.18 Å². The van der Waals surface area contributed by atoms with E-state index >= 15 is 0 Å². The van der Waals surface area contributed by atoms with Crippen molar-refractivity contribution < 1.29 is 30.7 Å². The second-order valence-electron chi connectivity index (χ2n) is 9.21. The van der Waals surface area contributed by atoms with Crippen LogP contribution in [0.2, 0.25) is 0 Å². The molecule has 0 spiro atoms. The van der Waals surface area contributed by atoms with Crippen molar-refractivity contribution in [3.8, 4) is 5.75 Å². The van der Waals surface area contributed by atoms with Gasteiger partial charge in [-0.25, -0.2) is 13.8 Å². The molecule has 0 saturated carbocycles. The molecule has 40 heavy (non-hydrogen) atoms. The van der Waals surface area contributed by atoms with Gasteiger partial charge in [-0.1, -0.05) is 37.6 Å². The number of aryl methyl sites for hydroxylation is 1. The van der Waals surface area contributed by atoms with E-state index in [2.05, 4.69) is 15.2 Å². The van der Waals surface area contributed by atoms with Crippen LogP contribution in [0.5, 0.6) is 5.75 Å². The van der Waals surface area contributed by atoms with Gasteiger partial charge in [-0.05, 0) is 67.3 Å². The molecule has 1 atom stereocenters. The average Bonchev–Trinajstić information content (AvgIpc) is 2.89. The molecule has 0 saturated heterocycles. The van der Waals surface area contributed by atoms with Crippen molar-refractivity contribution >= 4 is 38.0 Å². The number of benzene rings is 3. The molecule has 0 aliphatic rings. The molecule has 2 N–H and O–H groups in total. The third-order valence-electron chi connectivity index (χ3n) is 5.44. The van der Waals surface area contributed by atoms with Crippen molar-refractivity contribution in [2.45, 2.75) is 43.0 Å². The zero-order chi connectivity index (χ0) is 29.5. The van der Waals surface area contributed by atoms with E-state index in [9.17, 15) is 31.7 Å². The van der Waals surface area contributed by atoms with Crippen LogP contribution < -0.4 is 14.3 Å². The summed E-state index contributed by atoms with van der Waals surface area (Å²) >= 11 is 0. The summed E-state index contributed by atoms with van der Waals surface area (Å²) in [7, 11) is -8.27. The fraction of sp³-hybridized carbons (Fsp3) is 0.231. The number of nitro groups is 1. The summed E-state index contributed by atoms with van der Waals surface area (Å²) in [6.07, 6.45) is 1.52. The first kappa shape index (κ1) is 30.4. The maximum Gasteiger partial charge on any atom is 0.339 e. The molecule has 1 amide bonds. The summed E-state index contributed by atoms with van der Waals surface area (Å²) in [5, 5.41) is 14.8. The molecule has 0 radical (unpaired) electrons. The van der Waals surface area contributed by atoms with Crippen LogP contribution >= 0.6 is 0 Å². The fourth-order valence-corrected chi connectivity index (χ4v) is 5.62. The second-order valence-corrected chi connectivity index (χ2v) is 12.5. The van der Waals surface area contributed by atoms with Gasteiger partial charge in [0.2, 0.25) is 10.0 Å². The van der Waals surface area contributed by atoms with Gasteiger partial charge in [-0.15, -0.1) is 0 Å². The maximum atomic E-state index is 12.8. The molecule has 14 heteroatoms. The Labute approximate surface area is 232 Å². The van der Waals surface area contributed by atoms with E-state index in [1.54, 1.807) is 12.1 Å². The van der Waals surface area contributed by atoms with E-state index in [1.807, 2.05) is 20.8 Å². The standard InChI is InChI=1S/C26H28N4O8S2/c1-18(2)15-25(29-39(34,35)23-13-7-19(3)8-14-23)26(31)28-27-17-20-9-11-22(12-10-20)38-40(36,37)24-6-4-5-21(16-24)30(32)33/h4-14,16-18,25,29H,15H2,1-3H3,(H,28,31)/b27-17-/t25-/m0/s1. The highest BCUT2D eigenvalue weighted by atomic mass is 32.2. The minimum atomic E-state index is -4.32. The first-order valence-corrected chi connectivity index (χ1v) is 14.9. The van der Waals surface area contributed by atoms with Crippen LogP contribution in [0.4, 0.5) is 5.69 Å². The molecule has 212 valence electrons. The lowest BCUT2D eigenvalue weighted by atomic mass is 10.0. The van der Waals surface area contributed by atoms with Gasteiger partial charge in [0.15, 0.2) is 0 Å². The number of carbonyl (C=O) groups is 1. The minimum absolute atomic E-state index is 0.00583. The quantitative estimate of drug-likeness (QED) is 0.140. The van der Waals surface area contributed by atoms with Gasteiger partial charge in [-0.2, -0.15) is 18.2 Å². The van der Waals surface area contributed by atoms with Gasteiger partial charge in [-0.3, -0.25) is 14.9 Å². The van der Waals surface area contributed by atoms with Gasteiger partial charge >= 0.3 is 10.1 Å². The molecule has 3 aromatic carbocycles. The number of hydrogen-bond donors (Lipinski definition) is 2. The monoisotopic (exact) mass is 588 g/mol. The molecule has 0 aromatic heterocycles. The molecular weight excluding hydrogens is 560 g/mol. The summed E-state index contributed by atoms with van der Waals surface area (Å²) in [5.74, 6) is -0.690. The largest absolute Gasteiger partial charge is 0.379 e. The Bertz CT molecular complexity index is 1600. The molecule has 3 rings (SSSR count). The van der Waals surface area contributed by atoms with Crippen LogP contribution in [0.1, 0.15) is 31.4 Å². The van der Waals surface area contributed by atoms with Gasteiger partial charge < -0.3 is 4.18 Å². The maximum absolute atomic E-state index is 12.8. The molecule has 0 heterocycles. The second kappa shape index (κ2) is 12.8. The Kier molecular flexibility index (Phi) is 9.74. The van der Waals surface area contributed by atoms with Crippen molar-refractivity contribution in [2.24, 2.45) is 11.0 Å². The molecule has 0 aliphatic heterocycles. The molecule has 12 nitrogen and oxygen atoms in total. The van der Waals surface area contributed by atoms with Crippen LogP contribution in [0.25, 0.3) is 0 Å². The van der Waals surface area contributed by atoms with Crippen LogP contribution in [-0.2, 0) is 24.9 Å². The number of amides is 1. The summed E-state index contributed by atoms with van der Waals surface area (Å²) in [6.45, 7) is 5.54. The van der Waals surface area contributed by atoms with E-state index in [-0.39, 0.29) is 27.9 Å². The van der Waals surface area contributed by atoms with Gasteiger partial charge in [0, 0.05) is 12.1 Å². The van der Waals surface area contributed by atoms with Crippen molar-refractivity contribution in [1.29, 1.82) is 0 Å². The highest BCUT2D eigenvalue weighted by Gasteiger charge is 2.26. The number of non-ortho nitro benzene ring substituents is 1. The molecule has 0 bridgehead atoms. The van der Waals surface area contributed by atoms with Crippen LogP contribution in [0.15, 0.2) is 87.7 Å². The number of hydrogen-bond acceptors (Lipinski definition) is 9. The predicted octanol–water partition coefficient (Wildman–Crippen LogP) is 3.51. The molecule has 3 aromatic rings. The molecule has 0 unspecified atom stereocenters. The summed E-state index contributed by atoms with van der Waals surface area (Å²) in [6, 6.07) is 15.3. The summed E-state index contributed by atoms with van der Waals surface area (Å²) in [5.41, 5.74) is 3.31. The average molecular weight is 589 g/mol. The smallest absolute Gasteiger partial charge is 0.339 e. The van der Waals surface area contributed by atoms with Crippen LogP contribution in [-0.4, -0.2) is 39.9 Å². The lowest BCUT2D eigenvalue weighted by Crippen LogP contribution is -2.46. The zero-order valence-corrected chi connectivity index (χ0v) is 23.5. The third-order valence-corrected chi connectivity index (χ3v) is 8.17. The number of sulfonamides is 1. The first-order chi connectivity index (χ1) is 18.8. The normalized spacial score (nSPS) is 12.8. The lowest BCUT2D eigenvalue weighted by molar-refractivity contribution is -0.385. The molecule has 0 aliphatic carbocycles. The Morgan fingerprint density at radius 1 is 1.00 bits per heavy atom. The third kappa shape index (κ3) is 8.43. The van der Waals surface area contributed by atoms with Crippen molar-refractivity contribution in [2.75, 3.05) is 0 Å². The van der Waals surface area contributed by atoms with E-state index < -0.39 is 42.7 Å². The predicted molar refractivity (Wildman–Crippen MR) is 148 cm³/mol. The summed E-state index contributed by atoms with van der Waals surface area (Å²) < 4.78 is 58.0. The van der Waals surface area contributed by atoms with Crippen molar-refractivity contribution in [1.82, 2.24) is 10.1 Å². The Hall–Kier alpha value is -4.14. The van der Waals surface area contributed by atoms with E-state index in [0.29, 0.717) is 5.56 Å². The fourth-order valence-electron chi connectivity index (χ4n) is 3.44. The van der Waals surface area contributed by atoms with Crippen LogP contribution in [0, 0.1) is 23.0 Å². The highest BCUT2D eigenvalue weighted by Crippen LogP contribution is 2.22. The van der Waals surface area contributed by atoms with E-state index in [0.717, 1.165) is 17.7 Å². The van der Waals surface area contributed by atoms with Crippen molar-refractivity contribution in [3.63, 3.8) is 0 Å². The van der Waals surface area contributed by atoms with Gasteiger partial charge in [0.05, 0.1) is 16.0 Å². The summed E-state index contributed by atoms with van der Waals surface area (Å²) in [4.78, 5) is 22.6. The van der Waals surface area contributed by atoms with Crippen molar-refractivity contribution in [3.05, 3.63) is 94.0 Å². The molecule has 0 fully saturated rings.